The first-order chi connectivity index (χ1) is 19.0. The molecule has 2 aromatic carbocycles. The molecule has 204 valence electrons. The van der Waals surface area contributed by atoms with E-state index in [1.807, 2.05) is 53.9 Å². The Morgan fingerprint density at radius 1 is 0.974 bits per heavy atom. The fourth-order valence-corrected chi connectivity index (χ4v) is 7.69. The molecule has 3 aliphatic heterocycles. The van der Waals surface area contributed by atoms with Crippen LogP contribution in [0.1, 0.15) is 55.3 Å². The molecule has 7 nitrogen and oxygen atoms in total. The molecule has 3 heterocycles. The van der Waals surface area contributed by atoms with Crippen molar-refractivity contribution in [2.24, 2.45) is 11.8 Å². The van der Waals surface area contributed by atoms with Gasteiger partial charge in [0.2, 0.25) is 11.8 Å². The lowest BCUT2D eigenvalue weighted by atomic mass is 9.84. The molecule has 0 radical (unpaired) electrons. The topological polar surface area (TPSA) is 86.8 Å². The number of carbonyl (C=O) groups is 4. The molecule has 2 aromatic rings. The molecule has 8 heteroatoms. The quantitative estimate of drug-likeness (QED) is 0.589. The highest BCUT2D eigenvalue weighted by atomic mass is 32.2. The maximum Gasteiger partial charge on any atom is 0.254 e. The van der Waals surface area contributed by atoms with Crippen LogP contribution in [0.15, 0.2) is 53.9 Å². The monoisotopic (exact) mass is 545 g/mol. The van der Waals surface area contributed by atoms with Crippen LogP contribution in [0.3, 0.4) is 0 Å². The summed E-state index contributed by atoms with van der Waals surface area (Å²) >= 11 is 1.60. The molecule has 3 fully saturated rings. The van der Waals surface area contributed by atoms with Gasteiger partial charge in [-0.2, -0.15) is 0 Å². The normalized spacial score (nSPS) is 25.7. The van der Waals surface area contributed by atoms with E-state index in [0.717, 1.165) is 36.5 Å². The summed E-state index contributed by atoms with van der Waals surface area (Å²) in [5.41, 5.74) is 0.553. The Kier molecular flexibility index (Phi) is 7.47. The zero-order valence-electron chi connectivity index (χ0n) is 22.1. The maximum absolute atomic E-state index is 14.0. The van der Waals surface area contributed by atoms with E-state index in [4.69, 9.17) is 0 Å². The van der Waals surface area contributed by atoms with Gasteiger partial charge in [0.25, 0.3) is 5.91 Å². The number of thioether (sulfide) groups is 1. The van der Waals surface area contributed by atoms with Crippen LogP contribution in [-0.2, 0) is 14.4 Å². The number of likely N-dealkylation sites (tertiary alicyclic amines) is 2. The molecule has 6 rings (SSSR count). The van der Waals surface area contributed by atoms with Crippen molar-refractivity contribution in [3.05, 3.63) is 59.5 Å². The van der Waals surface area contributed by atoms with Crippen molar-refractivity contribution in [3.63, 3.8) is 0 Å². The molecule has 39 heavy (non-hydrogen) atoms. The van der Waals surface area contributed by atoms with Gasteiger partial charge in [-0.05, 0) is 47.1 Å². The van der Waals surface area contributed by atoms with Gasteiger partial charge < -0.3 is 15.1 Å². The van der Waals surface area contributed by atoms with Crippen LogP contribution in [-0.4, -0.2) is 70.3 Å². The largest absolute Gasteiger partial charge is 0.344 e. The molecule has 4 aliphatic rings. The Balaban J connectivity index is 1.19. The number of nitrogens with one attached hydrogen (secondary N) is 1. The van der Waals surface area contributed by atoms with E-state index >= 15 is 0 Å². The van der Waals surface area contributed by atoms with E-state index < -0.39 is 12.1 Å². The number of amides is 3. The number of ketones is 1. The van der Waals surface area contributed by atoms with Crippen molar-refractivity contribution in [2.45, 2.75) is 63.1 Å². The van der Waals surface area contributed by atoms with Crippen LogP contribution in [0.25, 0.3) is 10.8 Å². The minimum Gasteiger partial charge on any atom is -0.344 e. The predicted octanol–water partition coefficient (Wildman–Crippen LogP) is 4.17. The zero-order valence-corrected chi connectivity index (χ0v) is 22.9. The van der Waals surface area contributed by atoms with Crippen LogP contribution in [0.4, 0.5) is 0 Å². The number of fused-ring (bicyclic) bond motifs is 2. The average molecular weight is 546 g/mol. The van der Waals surface area contributed by atoms with Gasteiger partial charge in [-0.3, -0.25) is 19.2 Å². The predicted molar refractivity (Wildman–Crippen MR) is 152 cm³/mol. The summed E-state index contributed by atoms with van der Waals surface area (Å²) in [6.07, 6.45) is 8.72. The third-order valence-electron chi connectivity index (χ3n) is 8.89. The van der Waals surface area contributed by atoms with Crippen molar-refractivity contribution in [2.75, 3.05) is 18.8 Å². The van der Waals surface area contributed by atoms with Gasteiger partial charge >= 0.3 is 0 Å². The van der Waals surface area contributed by atoms with E-state index in [9.17, 15) is 19.2 Å². The highest BCUT2D eigenvalue weighted by molar-refractivity contribution is 8.02. The van der Waals surface area contributed by atoms with E-state index in [0.29, 0.717) is 36.6 Å². The summed E-state index contributed by atoms with van der Waals surface area (Å²) in [6, 6.07) is 11.9. The number of hydrogen-bond donors (Lipinski definition) is 1. The standard InChI is InChI=1S/C31H35N3O4S/c35-27-18-34(30(37)23-11-10-21-8-4-5-9-22(21)17-23)26-12-14-33(28(26)27)31(38)25(16-20-6-2-1-3-7-20)32-29(36)24-13-15-39-19-24/h4-5,8-11,13,15,17,20,24-26,28H,1-3,6-7,12,14,16,18-19H2,(H,32,36)/t24?,25-,26+,28-/m0/s1. The lowest BCUT2D eigenvalue weighted by Gasteiger charge is -2.31. The molecule has 1 saturated carbocycles. The smallest absolute Gasteiger partial charge is 0.254 e. The molecular weight excluding hydrogens is 510 g/mol. The lowest BCUT2D eigenvalue weighted by molar-refractivity contribution is -0.140. The Hall–Kier alpha value is -3.13. The molecule has 0 spiro atoms. The van der Waals surface area contributed by atoms with Gasteiger partial charge in [0.1, 0.15) is 12.1 Å². The second-order valence-electron chi connectivity index (χ2n) is 11.4. The van der Waals surface area contributed by atoms with Gasteiger partial charge in [0, 0.05) is 17.9 Å². The van der Waals surface area contributed by atoms with Crippen LogP contribution in [0, 0.1) is 11.8 Å². The number of rotatable bonds is 6. The Morgan fingerprint density at radius 2 is 1.77 bits per heavy atom. The van der Waals surface area contributed by atoms with E-state index in [-0.39, 0.29) is 42.0 Å². The highest BCUT2D eigenvalue weighted by Gasteiger charge is 2.52. The average Bonchev–Trinajstić information content (AvgIpc) is 3.72. The van der Waals surface area contributed by atoms with Crippen LogP contribution < -0.4 is 5.32 Å². The summed E-state index contributed by atoms with van der Waals surface area (Å²) in [6.45, 7) is 0.423. The van der Waals surface area contributed by atoms with Crippen molar-refractivity contribution < 1.29 is 19.2 Å². The fourth-order valence-electron chi connectivity index (χ4n) is 6.81. The molecule has 2 saturated heterocycles. The summed E-state index contributed by atoms with van der Waals surface area (Å²) in [7, 11) is 0. The lowest BCUT2D eigenvalue weighted by Crippen LogP contribution is -2.54. The molecule has 1 N–H and O–H groups in total. The third kappa shape index (κ3) is 5.23. The number of hydrogen-bond acceptors (Lipinski definition) is 5. The van der Waals surface area contributed by atoms with Gasteiger partial charge in [-0.25, -0.2) is 0 Å². The summed E-state index contributed by atoms with van der Waals surface area (Å²) < 4.78 is 0. The van der Waals surface area contributed by atoms with Crippen LogP contribution >= 0.6 is 11.8 Å². The Bertz CT molecular complexity index is 1320. The van der Waals surface area contributed by atoms with Crippen LogP contribution in [0.5, 0.6) is 0 Å². The van der Waals surface area contributed by atoms with Crippen molar-refractivity contribution in [1.29, 1.82) is 0 Å². The SMILES string of the molecule is O=C(N[C@@H](CC1CCCCC1)C(=O)N1CC[C@@H]2[C@H]1C(=O)CN2C(=O)c1ccc2ccccc2c1)C1C=CSC1. The van der Waals surface area contributed by atoms with Gasteiger partial charge in [0.15, 0.2) is 5.78 Å². The highest BCUT2D eigenvalue weighted by Crippen LogP contribution is 2.34. The first-order valence-corrected chi connectivity index (χ1v) is 15.3. The van der Waals surface area contributed by atoms with Crippen molar-refractivity contribution in [1.82, 2.24) is 15.1 Å². The summed E-state index contributed by atoms with van der Waals surface area (Å²) in [5, 5.41) is 7.04. The summed E-state index contributed by atoms with van der Waals surface area (Å²) in [4.78, 5) is 57.2. The van der Waals surface area contributed by atoms with Crippen molar-refractivity contribution >= 4 is 46.0 Å². The van der Waals surface area contributed by atoms with Crippen molar-refractivity contribution in [3.8, 4) is 0 Å². The summed E-state index contributed by atoms with van der Waals surface area (Å²) in [5.74, 6) is 0.286. The van der Waals surface area contributed by atoms with Crippen LogP contribution in [0.2, 0.25) is 0 Å². The van der Waals surface area contributed by atoms with Gasteiger partial charge in [-0.15, -0.1) is 11.8 Å². The second-order valence-corrected chi connectivity index (χ2v) is 12.3. The number of Topliss-reactive ketones (excluding diaryl/α,β-unsaturated/α-hetero) is 1. The number of nitrogens with zero attached hydrogens (tertiary/aromatic N) is 2. The maximum atomic E-state index is 14.0. The minimum absolute atomic E-state index is 0.00845. The molecule has 4 atom stereocenters. The van der Waals surface area contributed by atoms with Gasteiger partial charge in [-0.1, -0.05) is 68.5 Å². The first kappa shape index (κ1) is 26.1. The Morgan fingerprint density at radius 3 is 2.54 bits per heavy atom. The molecule has 1 aliphatic carbocycles. The fraction of sp³-hybridized carbons (Fsp3) is 0.484. The number of benzene rings is 2. The van der Waals surface area contributed by atoms with E-state index in [2.05, 4.69) is 5.32 Å². The first-order valence-electron chi connectivity index (χ1n) is 14.2. The minimum atomic E-state index is -0.644. The van der Waals surface area contributed by atoms with Gasteiger partial charge in [0.05, 0.1) is 18.5 Å². The molecular formula is C31H35N3O4S. The second kappa shape index (κ2) is 11.2. The molecule has 0 bridgehead atoms. The zero-order chi connectivity index (χ0) is 26.9. The van der Waals surface area contributed by atoms with E-state index in [1.54, 1.807) is 21.6 Å². The molecule has 3 amide bonds. The third-order valence-corrected chi connectivity index (χ3v) is 9.79. The molecule has 1 unspecified atom stereocenters. The number of carbonyl (C=O) groups excluding carboxylic acids is 4. The molecule has 0 aromatic heterocycles. The Labute approximate surface area is 233 Å². The van der Waals surface area contributed by atoms with E-state index in [1.165, 1.54) is 6.42 Å².